The molecule has 1 N–H and O–H groups in total. The minimum Gasteiger partial charge on any atom is -0.396 e. The van der Waals surface area contributed by atoms with E-state index in [9.17, 15) is 4.79 Å². The van der Waals surface area contributed by atoms with Crippen molar-refractivity contribution in [3.63, 3.8) is 0 Å². The van der Waals surface area contributed by atoms with E-state index >= 15 is 0 Å². The molecule has 0 aromatic heterocycles. The Labute approximate surface area is 89.3 Å². The van der Waals surface area contributed by atoms with Crippen molar-refractivity contribution < 1.29 is 9.90 Å². The van der Waals surface area contributed by atoms with Gasteiger partial charge >= 0.3 is 0 Å². The van der Waals surface area contributed by atoms with Gasteiger partial charge in [0.25, 0.3) is 0 Å². The summed E-state index contributed by atoms with van der Waals surface area (Å²) in [7, 11) is 0. The maximum absolute atomic E-state index is 11.8. The lowest BCUT2D eigenvalue weighted by molar-refractivity contribution is -0.121. The minimum absolute atomic E-state index is 0.0405. The molecule has 3 nitrogen and oxygen atoms in total. The van der Waals surface area contributed by atoms with Crippen LogP contribution in [0.25, 0.3) is 0 Å². The van der Waals surface area contributed by atoms with Gasteiger partial charge in [-0.1, -0.05) is 17.7 Å². The monoisotopic (exact) mass is 205 g/mol. The molecule has 0 bridgehead atoms. The molecule has 1 unspecified atom stereocenters. The normalized spacial score (nSPS) is 21.1. The molecule has 1 heterocycles. The van der Waals surface area contributed by atoms with Crippen LogP contribution in [0.4, 0.5) is 5.69 Å². The van der Waals surface area contributed by atoms with E-state index in [1.165, 1.54) is 5.56 Å². The summed E-state index contributed by atoms with van der Waals surface area (Å²) in [6, 6.07) is 7.89. The van der Waals surface area contributed by atoms with Crippen LogP contribution >= 0.6 is 0 Å². The number of hydrogen-bond acceptors (Lipinski definition) is 2. The molecule has 1 fully saturated rings. The fourth-order valence-corrected chi connectivity index (χ4v) is 1.89. The van der Waals surface area contributed by atoms with E-state index in [0.29, 0.717) is 6.54 Å². The second kappa shape index (κ2) is 4.03. The van der Waals surface area contributed by atoms with Crippen LogP contribution in [0.15, 0.2) is 24.3 Å². The van der Waals surface area contributed by atoms with Crippen LogP contribution in [-0.2, 0) is 4.79 Å². The van der Waals surface area contributed by atoms with Crippen LogP contribution in [0, 0.1) is 12.8 Å². The van der Waals surface area contributed by atoms with Gasteiger partial charge in [0.15, 0.2) is 0 Å². The molecule has 1 atom stereocenters. The van der Waals surface area contributed by atoms with Crippen molar-refractivity contribution in [2.24, 2.45) is 5.92 Å². The molecule has 15 heavy (non-hydrogen) atoms. The molecule has 1 aromatic rings. The van der Waals surface area contributed by atoms with E-state index < -0.39 is 0 Å². The van der Waals surface area contributed by atoms with E-state index in [0.717, 1.165) is 12.1 Å². The van der Waals surface area contributed by atoms with Crippen molar-refractivity contribution in [3.05, 3.63) is 29.8 Å². The predicted octanol–water partition coefficient (Wildman–Crippen LogP) is 1.34. The molecular weight excluding hydrogens is 190 g/mol. The average molecular weight is 205 g/mol. The molecule has 3 heteroatoms. The molecule has 0 aliphatic carbocycles. The summed E-state index contributed by atoms with van der Waals surface area (Å²) >= 11 is 0. The highest BCUT2D eigenvalue weighted by molar-refractivity contribution is 5.97. The summed E-state index contributed by atoms with van der Waals surface area (Å²) in [6.45, 7) is 2.69. The average Bonchev–Trinajstić information content (AvgIpc) is 2.61. The van der Waals surface area contributed by atoms with Crippen molar-refractivity contribution >= 4 is 11.6 Å². The van der Waals surface area contributed by atoms with Gasteiger partial charge in [-0.2, -0.15) is 0 Å². The summed E-state index contributed by atoms with van der Waals surface area (Å²) in [5, 5.41) is 9.00. The Hall–Kier alpha value is -1.35. The molecule has 1 aliphatic rings. The van der Waals surface area contributed by atoms with Gasteiger partial charge in [-0.3, -0.25) is 4.79 Å². The second-order valence-electron chi connectivity index (χ2n) is 3.99. The number of hydrogen-bond donors (Lipinski definition) is 1. The predicted molar refractivity (Wildman–Crippen MR) is 58.7 cm³/mol. The Kier molecular flexibility index (Phi) is 2.73. The van der Waals surface area contributed by atoms with Crippen LogP contribution in [0.2, 0.25) is 0 Å². The van der Waals surface area contributed by atoms with E-state index in [1.54, 1.807) is 4.90 Å². The number of aliphatic hydroxyl groups excluding tert-OH is 1. The highest BCUT2D eigenvalue weighted by atomic mass is 16.3. The van der Waals surface area contributed by atoms with Gasteiger partial charge in [0, 0.05) is 12.2 Å². The third kappa shape index (κ3) is 1.88. The third-order valence-electron chi connectivity index (χ3n) is 2.88. The topological polar surface area (TPSA) is 40.5 Å². The van der Waals surface area contributed by atoms with Gasteiger partial charge in [-0.25, -0.2) is 0 Å². The Morgan fingerprint density at radius 1 is 1.40 bits per heavy atom. The van der Waals surface area contributed by atoms with Crippen LogP contribution < -0.4 is 4.90 Å². The largest absolute Gasteiger partial charge is 0.396 e. The van der Waals surface area contributed by atoms with Crippen LogP contribution in [0.1, 0.15) is 12.0 Å². The fourth-order valence-electron chi connectivity index (χ4n) is 1.89. The summed E-state index contributed by atoms with van der Waals surface area (Å²) in [4.78, 5) is 13.5. The summed E-state index contributed by atoms with van der Waals surface area (Å²) in [5.74, 6) is -0.160. The molecular formula is C12H15NO2. The van der Waals surface area contributed by atoms with Crippen molar-refractivity contribution in [2.75, 3.05) is 18.1 Å². The van der Waals surface area contributed by atoms with Crippen LogP contribution in [0.5, 0.6) is 0 Å². The molecule has 1 aromatic carbocycles. The number of aryl methyl sites for hydroxylation is 1. The van der Waals surface area contributed by atoms with Gasteiger partial charge in [0.2, 0.25) is 5.91 Å². The Bertz CT molecular complexity index is 358. The standard InChI is InChI=1S/C12H15NO2/c1-9-2-4-11(5-3-9)13-7-6-10(8-14)12(13)15/h2-5,10,14H,6-8H2,1H3. The number of benzene rings is 1. The number of anilines is 1. The SMILES string of the molecule is Cc1ccc(N2CCC(CO)C2=O)cc1. The van der Waals surface area contributed by atoms with E-state index in [4.69, 9.17) is 5.11 Å². The van der Waals surface area contributed by atoms with Crippen molar-refractivity contribution in [1.82, 2.24) is 0 Å². The number of aliphatic hydroxyl groups is 1. The van der Waals surface area contributed by atoms with Crippen molar-refractivity contribution in [1.29, 1.82) is 0 Å². The van der Waals surface area contributed by atoms with E-state index in [2.05, 4.69) is 0 Å². The highest BCUT2D eigenvalue weighted by Gasteiger charge is 2.31. The van der Waals surface area contributed by atoms with E-state index in [-0.39, 0.29) is 18.4 Å². The van der Waals surface area contributed by atoms with Gasteiger partial charge in [-0.05, 0) is 25.5 Å². The lowest BCUT2D eigenvalue weighted by Gasteiger charge is -2.16. The second-order valence-corrected chi connectivity index (χ2v) is 3.99. The van der Waals surface area contributed by atoms with Crippen LogP contribution in [0.3, 0.4) is 0 Å². The zero-order chi connectivity index (χ0) is 10.8. The first-order chi connectivity index (χ1) is 7.22. The van der Waals surface area contributed by atoms with Gasteiger partial charge in [0.1, 0.15) is 0 Å². The van der Waals surface area contributed by atoms with Crippen molar-refractivity contribution in [2.45, 2.75) is 13.3 Å². The van der Waals surface area contributed by atoms with Gasteiger partial charge < -0.3 is 10.0 Å². The van der Waals surface area contributed by atoms with Gasteiger partial charge in [-0.15, -0.1) is 0 Å². The summed E-state index contributed by atoms with van der Waals surface area (Å²) < 4.78 is 0. The number of nitrogens with zero attached hydrogens (tertiary/aromatic N) is 1. The third-order valence-corrected chi connectivity index (χ3v) is 2.88. The lowest BCUT2D eigenvalue weighted by Crippen LogP contribution is -2.28. The van der Waals surface area contributed by atoms with E-state index in [1.807, 2.05) is 31.2 Å². The zero-order valence-electron chi connectivity index (χ0n) is 8.81. The Morgan fingerprint density at radius 3 is 2.60 bits per heavy atom. The lowest BCUT2D eigenvalue weighted by atomic mass is 10.1. The first-order valence-corrected chi connectivity index (χ1v) is 5.21. The molecule has 0 saturated carbocycles. The Balaban J connectivity index is 2.19. The summed E-state index contributed by atoms with van der Waals surface area (Å²) in [6.07, 6.45) is 0.753. The molecule has 1 amide bonds. The number of carbonyl (C=O) groups is 1. The first kappa shape index (κ1) is 10.2. The minimum atomic E-state index is -0.202. The van der Waals surface area contributed by atoms with Crippen molar-refractivity contribution in [3.8, 4) is 0 Å². The zero-order valence-corrected chi connectivity index (χ0v) is 8.81. The smallest absolute Gasteiger partial charge is 0.232 e. The van der Waals surface area contributed by atoms with Crippen LogP contribution in [-0.4, -0.2) is 24.2 Å². The highest BCUT2D eigenvalue weighted by Crippen LogP contribution is 2.24. The first-order valence-electron chi connectivity index (χ1n) is 5.21. The molecule has 80 valence electrons. The maximum Gasteiger partial charge on any atom is 0.232 e. The number of rotatable bonds is 2. The molecule has 0 spiro atoms. The number of carbonyl (C=O) groups excluding carboxylic acids is 1. The Morgan fingerprint density at radius 2 is 2.07 bits per heavy atom. The molecule has 1 saturated heterocycles. The quantitative estimate of drug-likeness (QED) is 0.791. The molecule has 2 rings (SSSR count). The van der Waals surface area contributed by atoms with Gasteiger partial charge in [0.05, 0.1) is 12.5 Å². The number of amides is 1. The molecule has 1 aliphatic heterocycles. The maximum atomic E-state index is 11.8. The summed E-state index contributed by atoms with van der Waals surface area (Å²) in [5.41, 5.74) is 2.12. The fraction of sp³-hybridized carbons (Fsp3) is 0.417. The molecule has 0 radical (unpaired) electrons.